The van der Waals surface area contributed by atoms with Gasteiger partial charge in [0.05, 0.1) is 0 Å². The molecule has 0 saturated carbocycles. The Balaban J connectivity index is 5.27. The Labute approximate surface area is 114 Å². The number of hydrogen-bond acceptors (Lipinski definition) is 1. The summed E-state index contributed by atoms with van der Waals surface area (Å²) in [6.07, 6.45) is 2.46. The van der Waals surface area contributed by atoms with E-state index in [1.165, 1.54) is 12.8 Å². The predicted octanol–water partition coefficient (Wildman–Crippen LogP) is 6.15. The van der Waals surface area contributed by atoms with Gasteiger partial charge in [0.15, 0.2) is 0 Å². The molecule has 0 rings (SSSR count). The van der Waals surface area contributed by atoms with Gasteiger partial charge in [-0.1, -0.05) is 55.4 Å². The van der Waals surface area contributed by atoms with Crippen LogP contribution in [-0.2, 0) is 0 Å². The molecule has 0 radical (unpaired) electrons. The van der Waals surface area contributed by atoms with Gasteiger partial charge < -0.3 is 0 Å². The molecule has 1 heteroatoms. The van der Waals surface area contributed by atoms with Crippen molar-refractivity contribution in [3.05, 3.63) is 0 Å². The van der Waals surface area contributed by atoms with E-state index in [0.717, 1.165) is 0 Å². The van der Waals surface area contributed by atoms with Crippen LogP contribution in [0.15, 0.2) is 0 Å². The van der Waals surface area contributed by atoms with Crippen LogP contribution in [0, 0.1) is 10.8 Å². The summed E-state index contributed by atoms with van der Waals surface area (Å²) >= 11 is 2.21. The minimum atomic E-state index is 0.338. The summed E-state index contributed by atoms with van der Waals surface area (Å²) in [5.41, 5.74) is 0.683. The Bertz CT molecular complexity index is 217. The first-order chi connectivity index (χ1) is 7.33. The smallest absolute Gasteiger partial charge is 0.0183 e. The van der Waals surface area contributed by atoms with Gasteiger partial charge in [-0.3, -0.25) is 0 Å². The molecule has 0 aromatic heterocycles. The molecular weight excluding hydrogens is 224 g/mol. The number of thioether (sulfide) groups is 1. The first kappa shape index (κ1) is 17.4. The van der Waals surface area contributed by atoms with E-state index in [0.29, 0.717) is 20.3 Å². The van der Waals surface area contributed by atoms with Gasteiger partial charge in [0, 0.05) is 9.49 Å². The molecule has 0 fully saturated rings. The molecule has 104 valence electrons. The van der Waals surface area contributed by atoms with Gasteiger partial charge in [-0.2, -0.15) is 0 Å². The fraction of sp³-hybridized carbons (Fsp3) is 1.00. The van der Waals surface area contributed by atoms with Crippen molar-refractivity contribution >= 4 is 11.8 Å². The minimum Gasteiger partial charge on any atom is -0.148 e. The molecule has 0 bridgehead atoms. The Morgan fingerprint density at radius 2 is 0.824 bits per heavy atom. The third kappa shape index (κ3) is 3.66. The molecular formula is C16H34S. The quantitative estimate of drug-likeness (QED) is 0.583. The van der Waals surface area contributed by atoms with Crippen molar-refractivity contribution in [2.24, 2.45) is 10.8 Å². The van der Waals surface area contributed by atoms with Crippen molar-refractivity contribution in [1.82, 2.24) is 0 Å². The molecule has 0 amide bonds. The van der Waals surface area contributed by atoms with Crippen molar-refractivity contribution < 1.29 is 0 Å². The highest BCUT2D eigenvalue weighted by atomic mass is 32.2. The third-order valence-corrected chi connectivity index (χ3v) is 7.68. The minimum absolute atomic E-state index is 0.338. The van der Waals surface area contributed by atoms with Crippen LogP contribution in [0.2, 0.25) is 0 Å². The average molecular weight is 259 g/mol. The number of rotatable bonds is 4. The maximum Gasteiger partial charge on any atom is 0.0183 e. The molecule has 0 aliphatic heterocycles. The lowest BCUT2D eigenvalue weighted by molar-refractivity contribution is 0.261. The maximum absolute atomic E-state index is 2.44. The summed E-state index contributed by atoms with van der Waals surface area (Å²) in [5.74, 6) is 0. The molecule has 0 N–H and O–H groups in total. The molecule has 0 aliphatic rings. The summed E-state index contributed by atoms with van der Waals surface area (Å²) in [6, 6.07) is 0. The van der Waals surface area contributed by atoms with Crippen LogP contribution in [0.1, 0.15) is 82.1 Å². The topological polar surface area (TPSA) is 0 Å². The second kappa shape index (κ2) is 5.15. The van der Waals surface area contributed by atoms with Gasteiger partial charge in [-0.25, -0.2) is 0 Å². The fourth-order valence-corrected chi connectivity index (χ4v) is 3.90. The van der Waals surface area contributed by atoms with E-state index < -0.39 is 0 Å². The van der Waals surface area contributed by atoms with Crippen LogP contribution in [-0.4, -0.2) is 9.49 Å². The van der Waals surface area contributed by atoms with Gasteiger partial charge in [0.25, 0.3) is 0 Å². The lowest BCUT2D eigenvalue weighted by Crippen LogP contribution is -2.45. The summed E-state index contributed by atoms with van der Waals surface area (Å²) in [4.78, 5) is 0. The Hall–Kier alpha value is 0.350. The van der Waals surface area contributed by atoms with E-state index in [1.54, 1.807) is 0 Å². The Kier molecular flexibility index (Phi) is 5.26. The van der Waals surface area contributed by atoms with Crippen LogP contribution in [0.25, 0.3) is 0 Å². The van der Waals surface area contributed by atoms with Gasteiger partial charge in [0.2, 0.25) is 0 Å². The lowest BCUT2D eigenvalue weighted by Gasteiger charge is -2.51. The lowest BCUT2D eigenvalue weighted by atomic mass is 9.78. The normalized spacial score (nSPS) is 20.8. The second-order valence-electron chi connectivity index (χ2n) is 7.77. The Morgan fingerprint density at radius 3 is 0.941 bits per heavy atom. The van der Waals surface area contributed by atoms with E-state index in [1.807, 2.05) is 0 Å². The molecule has 0 aromatic rings. The van der Waals surface area contributed by atoms with Crippen LogP contribution < -0.4 is 0 Å². The van der Waals surface area contributed by atoms with E-state index in [-0.39, 0.29) is 0 Å². The van der Waals surface area contributed by atoms with Crippen LogP contribution in [0.4, 0.5) is 0 Å². The zero-order chi connectivity index (χ0) is 14.1. The fourth-order valence-electron chi connectivity index (χ4n) is 2.01. The van der Waals surface area contributed by atoms with E-state index in [2.05, 4.69) is 81.0 Å². The van der Waals surface area contributed by atoms with E-state index in [4.69, 9.17) is 0 Å². The molecule has 0 saturated heterocycles. The van der Waals surface area contributed by atoms with Gasteiger partial charge in [-0.15, -0.1) is 11.8 Å². The van der Waals surface area contributed by atoms with Crippen molar-refractivity contribution in [1.29, 1.82) is 0 Å². The van der Waals surface area contributed by atoms with E-state index in [9.17, 15) is 0 Å². The van der Waals surface area contributed by atoms with Gasteiger partial charge in [0.1, 0.15) is 0 Å². The van der Waals surface area contributed by atoms with E-state index >= 15 is 0 Å². The van der Waals surface area contributed by atoms with Crippen molar-refractivity contribution in [3.63, 3.8) is 0 Å². The molecule has 0 aromatic carbocycles. The molecule has 17 heavy (non-hydrogen) atoms. The van der Waals surface area contributed by atoms with Crippen LogP contribution in [0.5, 0.6) is 0 Å². The SMILES string of the molecule is CCC(C)(SC(C)(CC)C(C)(C)C)C(C)(C)C. The van der Waals surface area contributed by atoms with Gasteiger partial charge >= 0.3 is 0 Å². The van der Waals surface area contributed by atoms with Crippen LogP contribution in [0.3, 0.4) is 0 Å². The highest BCUT2D eigenvalue weighted by molar-refractivity contribution is 8.02. The zero-order valence-electron chi connectivity index (χ0n) is 13.8. The number of hydrogen-bond donors (Lipinski definition) is 0. The molecule has 2 unspecified atom stereocenters. The first-order valence-electron chi connectivity index (χ1n) is 7.03. The largest absolute Gasteiger partial charge is 0.148 e. The predicted molar refractivity (Wildman–Crippen MR) is 83.9 cm³/mol. The molecule has 0 heterocycles. The highest BCUT2D eigenvalue weighted by Crippen LogP contribution is 2.55. The van der Waals surface area contributed by atoms with Crippen molar-refractivity contribution in [2.45, 2.75) is 91.6 Å². The van der Waals surface area contributed by atoms with Gasteiger partial charge in [-0.05, 0) is 37.5 Å². The monoisotopic (exact) mass is 258 g/mol. The summed E-state index contributed by atoms with van der Waals surface area (Å²) < 4.78 is 0.677. The molecule has 0 aliphatic carbocycles. The Morgan fingerprint density at radius 1 is 0.588 bits per heavy atom. The third-order valence-electron chi connectivity index (χ3n) is 4.97. The summed E-state index contributed by atoms with van der Waals surface area (Å²) in [6.45, 7) is 23.8. The zero-order valence-corrected chi connectivity index (χ0v) is 14.6. The highest BCUT2D eigenvalue weighted by Gasteiger charge is 2.46. The molecule has 0 nitrogen and oxygen atoms in total. The standard InChI is InChI=1S/C16H34S/c1-11-15(9,13(3,4)5)17-16(10,12-2)14(6,7)8/h11-12H2,1-10H3. The maximum atomic E-state index is 2.44. The van der Waals surface area contributed by atoms with Crippen molar-refractivity contribution in [2.75, 3.05) is 0 Å². The molecule has 0 spiro atoms. The van der Waals surface area contributed by atoms with Crippen molar-refractivity contribution in [3.8, 4) is 0 Å². The second-order valence-corrected chi connectivity index (χ2v) is 9.78. The summed E-state index contributed by atoms with van der Waals surface area (Å²) in [7, 11) is 0. The average Bonchev–Trinajstić information content (AvgIpc) is 2.13. The van der Waals surface area contributed by atoms with Crippen LogP contribution >= 0.6 is 11.8 Å². The first-order valence-corrected chi connectivity index (χ1v) is 7.85. The summed E-state index contributed by atoms with van der Waals surface area (Å²) in [5, 5.41) is 0. The molecule has 2 atom stereocenters.